The van der Waals surface area contributed by atoms with Crippen LogP contribution in [-0.4, -0.2) is 62.3 Å². The maximum atomic E-state index is 12.8. The molecule has 2 saturated heterocycles. The van der Waals surface area contributed by atoms with E-state index in [1.165, 1.54) is 0 Å². The lowest BCUT2D eigenvalue weighted by atomic mass is 9.98. The summed E-state index contributed by atoms with van der Waals surface area (Å²) in [5.41, 5.74) is 7.17. The summed E-state index contributed by atoms with van der Waals surface area (Å²) in [6, 6.07) is 23.9. The number of para-hydroxylation sites is 2. The van der Waals surface area contributed by atoms with Crippen molar-refractivity contribution in [1.29, 1.82) is 0 Å². The van der Waals surface area contributed by atoms with Gasteiger partial charge in [0.2, 0.25) is 11.8 Å². The van der Waals surface area contributed by atoms with Gasteiger partial charge in [0, 0.05) is 57.0 Å². The predicted molar refractivity (Wildman–Crippen MR) is 192 cm³/mol. The molecular weight excluding hydrogens is 650 g/mol. The number of aromatic nitrogens is 2. The van der Waals surface area contributed by atoms with Crippen molar-refractivity contribution in [2.75, 3.05) is 19.6 Å². The first-order chi connectivity index (χ1) is 24.9. The molecule has 272 valence electrons. The van der Waals surface area contributed by atoms with Crippen molar-refractivity contribution in [2.24, 2.45) is 0 Å². The Balaban J connectivity index is 1.04. The second-order valence-electron chi connectivity index (χ2n) is 13.7. The molecule has 5 N–H and O–H groups in total. The van der Waals surface area contributed by atoms with Gasteiger partial charge in [-0.2, -0.15) is 0 Å². The number of carbonyl (C=O) groups is 2. The number of likely N-dealkylation sites (tertiary alicyclic amines) is 1. The third kappa shape index (κ3) is 9.72. The monoisotopic (exact) mass is 699 g/mol. The first-order valence-electron chi connectivity index (χ1n) is 18.1. The van der Waals surface area contributed by atoms with E-state index in [2.05, 4.69) is 15.2 Å². The number of amides is 2. The second kappa shape index (κ2) is 17.7. The smallest absolute Gasteiger partial charge is 0.326 e. The van der Waals surface area contributed by atoms with Crippen molar-refractivity contribution < 1.29 is 29.4 Å². The minimum Gasteiger partial charge on any atom is -0.392 e. The highest BCUT2D eigenvalue weighted by atomic mass is 16.7. The van der Waals surface area contributed by atoms with Crippen molar-refractivity contribution >= 4 is 22.8 Å². The van der Waals surface area contributed by atoms with Crippen molar-refractivity contribution in [1.82, 2.24) is 25.2 Å². The number of rotatable bonds is 15. The fourth-order valence-electron chi connectivity index (χ4n) is 7.18. The number of benzene rings is 3. The summed E-state index contributed by atoms with van der Waals surface area (Å²) < 4.78 is 15.1. The Bertz CT molecular complexity index is 1780. The highest BCUT2D eigenvalue weighted by Crippen LogP contribution is 2.38. The number of unbranched alkanes of at least 4 members (excludes halogenated alkanes) is 3. The summed E-state index contributed by atoms with van der Waals surface area (Å²) in [5.74, 6) is -0.399. The second-order valence-corrected chi connectivity index (χ2v) is 13.7. The number of imidazole rings is 1. The van der Waals surface area contributed by atoms with Crippen LogP contribution in [0.15, 0.2) is 77.6 Å². The van der Waals surface area contributed by atoms with Crippen LogP contribution in [0.25, 0.3) is 11.0 Å². The highest BCUT2D eigenvalue weighted by molar-refractivity contribution is 5.76. The number of nitrogens with zero attached hydrogens (tertiary/aromatic N) is 2. The van der Waals surface area contributed by atoms with Crippen LogP contribution in [-0.2, 0) is 32.2 Å². The van der Waals surface area contributed by atoms with Gasteiger partial charge in [-0.15, -0.1) is 0 Å². The fourth-order valence-corrected chi connectivity index (χ4v) is 7.18. The molecule has 2 fully saturated rings. The number of ether oxygens (including phenoxy) is 2. The van der Waals surface area contributed by atoms with Gasteiger partial charge in [-0.05, 0) is 54.5 Å². The molecule has 0 radical (unpaired) electrons. The zero-order valence-corrected chi connectivity index (χ0v) is 29.0. The Morgan fingerprint density at radius 1 is 0.824 bits per heavy atom. The van der Waals surface area contributed by atoms with Gasteiger partial charge in [-0.1, -0.05) is 73.5 Å². The average Bonchev–Trinajstić information content (AvgIpc) is 3.51. The van der Waals surface area contributed by atoms with Crippen LogP contribution in [0, 0.1) is 0 Å². The molecule has 3 aromatic carbocycles. The van der Waals surface area contributed by atoms with E-state index in [9.17, 15) is 19.5 Å². The molecule has 0 saturated carbocycles. The molecule has 0 aliphatic carbocycles. The summed E-state index contributed by atoms with van der Waals surface area (Å²) >= 11 is 0. The first kappa shape index (κ1) is 36.5. The normalized spacial score (nSPS) is 20.0. The van der Waals surface area contributed by atoms with E-state index in [0.29, 0.717) is 25.8 Å². The van der Waals surface area contributed by atoms with Crippen molar-refractivity contribution in [3.05, 3.63) is 106 Å². The Morgan fingerprint density at radius 2 is 1.49 bits per heavy atom. The van der Waals surface area contributed by atoms with Crippen LogP contribution < -0.4 is 16.5 Å². The molecule has 6 rings (SSSR count). The number of nitrogens with one attached hydrogen (secondary N) is 3. The number of aliphatic hydroxyl groups excluding tert-OH is 1. The summed E-state index contributed by atoms with van der Waals surface area (Å²) in [6.45, 7) is 2.89. The number of hydrogen-bond acceptors (Lipinski definition) is 8. The largest absolute Gasteiger partial charge is 0.392 e. The zero-order chi connectivity index (χ0) is 35.6. The van der Waals surface area contributed by atoms with E-state index in [0.717, 1.165) is 85.0 Å². The summed E-state index contributed by atoms with van der Waals surface area (Å²) in [4.78, 5) is 41.7. The van der Waals surface area contributed by atoms with E-state index >= 15 is 0 Å². The Morgan fingerprint density at radius 3 is 2.20 bits per heavy atom. The average molecular weight is 700 g/mol. The number of piperidine rings is 1. The van der Waals surface area contributed by atoms with E-state index in [4.69, 9.17) is 14.7 Å². The molecule has 2 amide bonds. The van der Waals surface area contributed by atoms with Gasteiger partial charge in [0.1, 0.15) is 0 Å². The first-order valence-corrected chi connectivity index (χ1v) is 18.1. The molecule has 3 atom stereocenters. The minimum atomic E-state index is -0.569. The molecule has 2 aliphatic rings. The molecule has 12 nitrogen and oxygen atoms in total. The lowest BCUT2D eigenvalue weighted by Gasteiger charge is -2.40. The van der Waals surface area contributed by atoms with Gasteiger partial charge in [-0.25, -0.2) is 10.3 Å². The van der Waals surface area contributed by atoms with Gasteiger partial charge < -0.3 is 29.8 Å². The quantitative estimate of drug-likeness (QED) is 0.0647. The third-order valence-electron chi connectivity index (χ3n) is 10.0. The number of fused-ring (bicyclic) bond motifs is 1. The van der Waals surface area contributed by atoms with Crippen LogP contribution in [0.5, 0.6) is 0 Å². The van der Waals surface area contributed by atoms with E-state index in [1.807, 2.05) is 77.4 Å². The number of H-pyrrole nitrogens is 1. The fraction of sp³-hybridized carbons (Fsp3) is 0.462. The Labute approximate surface area is 297 Å². The SMILES string of the molecule is O=C(CCCCCCC(=O)NCc1ccc(C2OC(CN3CCC(n4c(=O)[nH]c5ccccc54)CC3)CC(c3ccc(CO)cc3)O2)cc1)NO. The van der Waals surface area contributed by atoms with Gasteiger partial charge in [-0.3, -0.25) is 19.4 Å². The van der Waals surface area contributed by atoms with Crippen LogP contribution in [0.4, 0.5) is 0 Å². The van der Waals surface area contributed by atoms with Crippen LogP contribution in [0.3, 0.4) is 0 Å². The van der Waals surface area contributed by atoms with Crippen molar-refractivity contribution in [3.63, 3.8) is 0 Å². The molecule has 2 aliphatic heterocycles. The number of aliphatic hydroxyl groups is 1. The highest BCUT2D eigenvalue weighted by Gasteiger charge is 2.34. The number of aromatic amines is 1. The standard InChI is InChI=1S/C39H49N5O7/c45-26-28-13-15-29(16-14-28)35-23-32(25-43-21-19-31(20-22-43)44-34-8-6-5-7-33(34)41-39(44)48)50-38(51-35)30-17-11-27(12-18-30)24-40-36(46)9-3-1-2-4-10-37(47)42-49/h5-8,11-18,31-32,35,38,45,49H,1-4,9-10,19-26H2,(H,40,46)(H,41,48)(H,42,47). The van der Waals surface area contributed by atoms with Crippen LogP contribution in [0.1, 0.15) is 98.5 Å². The third-order valence-corrected chi connectivity index (χ3v) is 10.0. The van der Waals surface area contributed by atoms with Gasteiger partial charge in [0.05, 0.1) is 29.8 Å². The van der Waals surface area contributed by atoms with Gasteiger partial charge in [0.25, 0.3) is 0 Å². The lowest BCUT2D eigenvalue weighted by Crippen LogP contribution is -2.43. The summed E-state index contributed by atoms with van der Waals surface area (Å²) in [5, 5.41) is 21.1. The molecule has 0 bridgehead atoms. The van der Waals surface area contributed by atoms with Gasteiger partial charge in [0.15, 0.2) is 6.29 Å². The Hall–Kier alpha value is -4.33. The van der Waals surface area contributed by atoms with Crippen LogP contribution >= 0.6 is 0 Å². The van der Waals surface area contributed by atoms with E-state index in [1.54, 1.807) is 5.48 Å². The lowest BCUT2D eigenvalue weighted by molar-refractivity contribution is -0.253. The molecular formula is C39H49N5O7. The van der Waals surface area contributed by atoms with E-state index < -0.39 is 6.29 Å². The van der Waals surface area contributed by atoms with Crippen molar-refractivity contribution in [3.8, 4) is 0 Å². The molecule has 4 aromatic rings. The molecule has 12 heteroatoms. The predicted octanol–water partition coefficient (Wildman–Crippen LogP) is 5.17. The Kier molecular flexibility index (Phi) is 12.7. The van der Waals surface area contributed by atoms with Gasteiger partial charge >= 0.3 is 5.69 Å². The number of hydroxylamine groups is 1. The number of hydrogen-bond donors (Lipinski definition) is 5. The summed E-state index contributed by atoms with van der Waals surface area (Å²) in [7, 11) is 0. The molecule has 3 unspecified atom stereocenters. The number of carbonyl (C=O) groups excluding carboxylic acids is 2. The molecule has 51 heavy (non-hydrogen) atoms. The maximum absolute atomic E-state index is 12.8. The maximum Gasteiger partial charge on any atom is 0.326 e. The molecule has 3 heterocycles. The van der Waals surface area contributed by atoms with Crippen LogP contribution in [0.2, 0.25) is 0 Å². The molecule has 0 spiro atoms. The topological polar surface area (TPSA) is 158 Å². The van der Waals surface area contributed by atoms with E-state index in [-0.39, 0.29) is 48.8 Å². The van der Waals surface area contributed by atoms with Crippen molar-refractivity contribution in [2.45, 2.75) is 95.5 Å². The summed E-state index contributed by atoms with van der Waals surface area (Å²) in [6.07, 6.45) is 5.43. The zero-order valence-electron chi connectivity index (χ0n) is 29.0. The minimum absolute atomic E-state index is 0.0124. The molecule has 1 aromatic heterocycles.